The van der Waals surface area contributed by atoms with Crippen LogP contribution in [-0.2, 0) is 31.8 Å². The second-order valence-electron chi connectivity index (χ2n) is 12.2. The third-order valence-corrected chi connectivity index (χ3v) is 9.86. The molecule has 252 valence electrons. The highest BCUT2D eigenvalue weighted by Crippen LogP contribution is 2.46. The lowest BCUT2D eigenvalue weighted by molar-refractivity contribution is -0.131. The van der Waals surface area contributed by atoms with Gasteiger partial charge in [-0.2, -0.15) is 0 Å². The summed E-state index contributed by atoms with van der Waals surface area (Å²) in [4.78, 5) is 63.5. The topological polar surface area (TPSA) is 188 Å². The van der Waals surface area contributed by atoms with Crippen molar-refractivity contribution in [1.29, 1.82) is 0 Å². The standard InChI is InChI=1S/C36H41N4O7P/c1-23(2)18-31(36(45)39-30(34(37)43)19-25-12-16-29(41)17-13-25)38-32(42)22-48(46,47)33(20-24-8-4-3-5-9-24)40-35(44)28-15-14-26-10-6-7-11-27(26)21-28/h3-17,21,23,30-31,33,41H,18-20,22H2,1-2H3,(H2,37,43)(H,38,42)(H,39,45)(H,40,44)(H,46,47)/t30?,31-,33-/m0/s1. The second-order valence-corrected chi connectivity index (χ2v) is 14.7. The van der Waals surface area contributed by atoms with Crippen LogP contribution in [0.3, 0.4) is 0 Å². The first-order valence-corrected chi connectivity index (χ1v) is 17.5. The Bertz CT molecular complexity index is 1800. The molecule has 0 fully saturated rings. The highest BCUT2D eigenvalue weighted by molar-refractivity contribution is 7.59. The maximum atomic E-state index is 13.9. The van der Waals surface area contributed by atoms with E-state index in [-0.39, 0.29) is 30.9 Å². The zero-order valence-corrected chi connectivity index (χ0v) is 27.7. The fourth-order valence-corrected chi connectivity index (χ4v) is 6.86. The van der Waals surface area contributed by atoms with Crippen molar-refractivity contribution in [1.82, 2.24) is 16.0 Å². The van der Waals surface area contributed by atoms with E-state index in [0.717, 1.165) is 10.8 Å². The van der Waals surface area contributed by atoms with Crippen molar-refractivity contribution in [3.05, 3.63) is 114 Å². The molecular formula is C36H41N4O7P. The summed E-state index contributed by atoms with van der Waals surface area (Å²) in [5.74, 6) is -4.26. The Balaban J connectivity index is 1.49. The van der Waals surface area contributed by atoms with Gasteiger partial charge in [-0.05, 0) is 58.5 Å². The van der Waals surface area contributed by atoms with Crippen molar-refractivity contribution in [2.45, 2.75) is 51.0 Å². The van der Waals surface area contributed by atoms with E-state index in [1.807, 2.05) is 38.1 Å². The van der Waals surface area contributed by atoms with E-state index in [0.29, 0.717) is 16.7 Å². The lowest BCUT2D eigenvalue weighted by atomic mass is 10.0. The largest absolute Gasteiger partial charge is 0.508 e. The molecular weight excluding hydrogens is 631 g/mol. The minimum Gasteiger partial charge on any atom is -0.508 e. The van der Waals surface area contributed by atoms with Gasteiger partial charge in [-0.15, -0.1) is 0 Å². The number of rotatable bonds is 15. The Morgan fingerprint density at radius 2 is 1.38 bits per heavy atom. The molecule has 0 saturated heterocycles. The number of hydrogen-bond donors (Lipinski definition) is 6. The number of hydrogen-bond acceptors (Lipinski definition) is 6. The first-order chi connectivity index (χ1) is 22.8. The summed E-state index contributed by atoms with van der Waals surface area (Å²) in [6.45, 7) is 3.67. The predicted molar refractivity (Wildman–Crippen MR) is 184 cm³/mol. The molecule has 0 radical (unpaired) electrons. The Hall–Kier alpha value is -4.99. The molecule has 48 heavy (non-hydrogen) atoms. The van der Waals surface area contributed by atoms with E-state index in [1.54, 1.807) is 60.7 Å². The molecule has 4 atom stereocenters. The molecule has 4 aromatic carbocycles. The second kappa shape index (κ2) is 16.2. The van der Waals surface area contributed by atoms with Gasteiger partial charge < -0.3 is 31.7 Å². The molecule has 0 heterocycles. The molecule has 12 heteroatoms. The van der Waals surface area contributed by atoms with Gasteiger partial charge in [0.15, 0.2) is 0 Å². The summed E-state index contributed by atoms with van der Waals surface area (Å²) < 4.78 is 13.9. The smallest absolute Gasteiger partial charge is 0.251 e. The van der Waals surface area contributed by atoms with Crippen LogP contribution in [0.2, 0.25) is 0 Å². The highest BCUT2D eigenvalue weighted by atomic mass is 31.2. The SMILES string of the molecule is CC(C)C[C@H](NC(=O)CP(=O)(O)[C@@H](Cc1ccccc1)NC(=O)c1ccc2ccccc2c1)C(=O)NC(Cc1ccc(O)cc1)C(N)=O. The number of nitrogens with one attached hydrogen (secondary N) is 3. The summed E-state index contributed by atoms with van der Waals surface area (Å²) in [7, 11) is -4.43. The third-order valence-electron chi connectivity index (χ3n) is 7.83. The fraction of sp³-hybridized carbons (Fsp3) is 0.278. The molecule has 4 aromatic rings. The van der Waals surface area contributed by atoms with Gasteiger partial charge in [0.05, 0.1) is 0 Å². The van der Waals surface area contributed by atoms with Gasteiger partial charge in [-0.3, -0.25) is 23.7 Å². The summed E-state index contributed by atoms with van der Waals surface area (Å²) in [5.41, 5.74) is 7.17. The summed E-state index contributed by atoms with van der Waals surface area (Å²) in [6.07, 6.45) is -0.663. The maximum absolute atomic E-state index is 13.9. The number of phenolic OH excluding ortho intramolecular Hbond substituents is 1. The number of fused-ring (bicyclic) bond motifs is 1. The van der Waals surface area contributed by atoms with Gasteiger partial charge in [0, 0.05) is 18.4 Å². The Kier molecular flexibility index (Phi) is 12.1. The van der Waals surface area contributed by atoms with Crippen molar-refractivity contribution >= 4 is 41.8 Å². The monoisotopic (exact) mass is 672 g/mol. The Labute approximate surface area is 279 Å². The van der Waals surface area contributed by atoms with Crippen molar-refractivity contribution in [3.63, 3.8) is 0 Å². The van der Waals surface area contributed by atoms with E-state index in [1.165, 1.54) is 12.1 Å². The van der Waals surface area contributed by atoms with Crippen molar-refractivity contribution in [3.8, 4) is 5.75 Å². The van der Waals surface area contributed by atoms with E-state index >= 15 is 0 Å². The zero-order chi connectivity index (χ0) is 34.8. The van der Waals surface area contributed by atoms with E-state index in [4.69, 9.17) is 5.73 Å². The number of carbonyl (C=O) groups excluding carboxylic acids is 4. The molecule has 0 aliphatic rings. The van der Waals surface area contributed by atoms with Gasteiger partial charge >= 0.3 is 0 Å². The van der Waals surface area contributed by atoms with Crippen LogP contribution >= 0.6 is 7.37 Å². The Morgan fingerprint density at radius 1 is 0.750 bits per heavy atom. The van der Waals surface area contributed by atoms with Crippen LogP contribution in [0.15, 0.2) is 97.1 Å². The highest BCUT2D eigenvalue weighted by Gasteiger charge is 2.36. The van der Waals surface area contributed by atoms with Crippen LogP contribution in [0.4, 0.5) is 0 Å². The number of carbonyl (C=O) groups is 4. The lowest BCUT2D eigenvalue weighted by Crippen LogP contribution is -2.54. The summed E-state index contributed by atoms with van der Waals surface area (Å²) in [5, 5.41) is 19.1. The molecule has 4 amide bonds. The number of nitrogens with two attached hydrogens (primary N) is 1. The molecule has 0 spiro atoms. The lowest BCUT2D eigenvalue weighted by Gasteiger charge is -2.26. The molecule has 0 saturated carbocycles. The zero-order valence-electron chi connectivity index (χ0n) is 26.8. The number of amides is 4. The van der Waals surface area contributed by atoms with E-state index in [9.17, 15) is 33.7 Å². The molecule has 0 aliphatic heterocycles. The van der Waals surface area contributed by atoms with E-state index in [2.05, 4.69) is 16.0 Å². The minimum atomic E-state index is -4.43. The number of benzene rings is 4. The van der Waals surface area contributed by atoms with Crippen LogP contribution in [0.25, 0.3) is 10.8 Å². The number of aromatic hydroxyl groups is 1. The first-order valence-electron chi connectivity index (χ1n) is 15.6. The molecule has 11 nitrogen and oxygen atoms in total. The minimum absolute atomic E-state index is 0.0192. The van der Waals surface area contributed by atoms with Gasteiger partial charge in [0.1, 0.15) is 29.8 Å². The normalized spacial score (nSPS) is 14.3. The van der Waals surface area contributed by atoms with Crippen LogP contribution < -0.4 is 21.7 Å². The predicted octanol–water partition coefficient (Wildman–Crippen LogP) is 3.86. The van der Waals surface area contributed by atoms with Gasteiger partial charge in [-0.25, -0.2) is 0 Å². The number of primary amides is 1. The quantitative estimate of drug-likeness (QED) is 0.103. The molecule has 4 rings (SSSR count). The molecule has 7 N–H and O–H groups in total. The first kappa shape index (κ1) is 35.9. The van der Waals surface area contributed by atoms with Crippen LogP contribution in [0, 0.1) is 5.92 Å². The molecule has 0 aliphatic carbocycles. The summed E-state index contributed by atoms with van der Waals surface area (Å²) >= 11 is 0. The van der Waals surface area contributed by atoms with Gasteiger partial charge in [0.25, 0.3) is 5.91 Å². The van der Waals surface area contributed by atoms with Crippen molar-refractivity contribution in [2.24, 2.45) is 11.7 Å². The van der Waals surface area contributed by atoms with Gasteiger partial charge in [0.2, 0.25) is 25.1 Å². The fourth-order valence-electron chi connectivity index (χ4n) is 5.32. The molecule has 2 unspecified atom stereocenters. The average molecular weight is 673 g/mol. The number of phenols is 1. The van der Waals surface area contributed by atoms with E-state index < -0.39 is 55.0 Å². The van der Waals surface area contributed by atoms with Crippen LogP contribution in [0.5, 0.6) is 5.75 Å². The maximum Gasteiger partial charge on any atom is 0.251 e. The average Bonchev–Trinajstić information content (AvgIpc) is 3.04. The van der Waals surface area contributed by atoms with Crippen molar-refractivity contribution < 1.29 is 33.7 Å². The molecule has 0 bridgehead atoms. The summed E-state index contributed by atoms with van der Waals surface area (Å²) in [6, 6.07) is 25.3. The Morgan fingerprint density at radius 3 is 2.02 bits per heavy atom. The third kappa shape index (κ3) is 10.3. The van der Waals surface area contributed by atoms with Crippen LogP contribution in [0.1, 0.15) is 41.8 Å². The van der Waals surface area contributed by atoms with Crippen molar-refractivity contribution in [2.75, 3.05) is 6.16 Å². The van der Waals surface area contributed by atoms with Crippen LogP contribution in [-0.4, -0.2) is 57.7 Å². The van der Waals surface area contributed by atoms with Gasteiger partial charge in [-0.1, -0.05) is 86.6 Å². The molecule has 0 aromatic heterocycles.